The minimum atomic E-state index is -1.14. The highest BCUT2D eigenvalue weighted by atomic mass is 35.5. The van der Waals surface area contributed by atoms with Gasteiger partial charge in [-0.15, -0.1) is 0 Å². The summed E-state index contributed by atoms with van der Waals surface area (Å²) in [5.41, 5.74) is 1.01. The minimum Gasteiger partial charge on any atom is -0.493 e. The van der Waals surface area contributed by atoms with Gasteiger partial charge in [0.1, 0.15) is 10.7 Å². The molecule has 21 heavy (non-hydrogen) atoms. The molecule has 0 unspecified atom stereocenters. The van der Waals surface area contributed by atoms with E-state index in [2.05, 4.69) is 4.98 Å². The number of aryl methyl sites for hydroxylation is 1. The first-order valence-electron chi connectivity index (χ1n) is 6.29. The van der Waals surface area contributed by atoms with Gasteiger partial charge in [-0.05, 0) is 36.2 Å². The molecule has 1 N–H and O–H groups in total. The molecule has 0 saturated heterocycles. The topological polar surface area (TPSA) is 68.7 Å². The fraction of sp³-hybridized carbons (Fsp3) is 0.200. The lowest BCUT2D eigenvalue weighted by Crippen LogP contribution is -2.03. The number of rotatable bonds is 5. The highest BCUT2D eigenvalue weighted by Crippen LogP contribution is 2.33. The molecule has 5 nitrogen and oxygen atoms in total. The van der Waals surface area contributed by atoms with E-state index < -0.39 is 5.97 Å². The van der Waals surface area contributed by atoms with E-state index in [1.807, 2.05) is 19.1 Å². The molecule has 2 aromatic rings. The van der Waals surface area contributed by atoms with Crippen LogP contribution >= 0.6 is 11.6 Å². The molecule has 0 amide bonds. The van der Waals surface area contributed by atoms with Gasteiger partial charge in [0.25, 0.3) is 0 Å². The molecule has 0 aliphatic carbocycles. The van der Waals surface area contributed by atoms with Gasteiger partial charge in [0.15, 0.2) is 11.5 Å². The van der Waals surface area contributed by atoms with Crippen LogP contribution in [-0.4, -0.2) is 23.2 Å². The van der Waals surface area contributed by atoms with Crippen LogP contribution in [0.25, 0.3) is 0 Å². The van der Waals surface area contributed by atoms with E-state index in [0.29, 0.717) is 11.5 Å². The molecule has 0 aliphatic heterocycles. The van der Waals surface area contributed by atoms with Gasteiger partial charge in [0.2, 0.25) is 5.88 Å². The first-order chi connectivity index (χ1) is 10.0. The Kier molecular flexibility index (Phi) is 4.65. The van der Waals surface area contributed by atoms with Crippen molar-refractivity contribution in [3.63, 3.8) is 0 Å². The van der Waals surface area contributed by atoms with E-state index in [9.17, 15) is 4.79 Å². The molecule has 1 aromatic carbocycles. The third-order valence-corrected chi connectivity index (χ3v) is 3.11. The number of ether oxygens (including phenoxy) is 2. The summed E-state index contributed by atoms with van der Waals surface area (Å²) >= 11 is 5.79. The van der Waals surface area contributed by atoms with Crippen LogP contribution in [0.5, 0.6) is 17.4 Å². The molecule has 1 heterocycles. The van der Waals surface area contributed by atoms with Gasteiger partial charge in [-0.2, -0.15) is 0 Å². The summed E-state index contributed by atoms with van der Waals surface area (Å²) in [6, 6.07) is 8.17. The Labute approximate surface area is 127 Å². The van der Waals surface area contributed by atoms with Crippen LogP contribution in [0.2, 0.25) is 5.15 Å². The highest BCUT2D eigenvalue weighted by molar-refractivity contribution is 6.29. The third kappa shape index (κ3) is 3.44. The molecule has 0 spiro atoms. The SMILES string of the molecule is CCc1ccc(Oc2nc(Cl)ccc2C(=O)O)c(OC)c1. The summed E-state index contributed by atoms with van der Waals surface area (Å²) in [6.45, 7) is 2.02. The van der Waals surface area contributed by atoms with Crippen molar-refractivity contribution in [3.05, 3.63) is 46.6 Å². The van der Waals surface area contributed by atoms with Crippen LogP contribution < -0.4 is 9.47 Å². The number of carboxylic acid groups (broad SMARTS) is 1. The van der Waals surface area contributed by atoms with Gasteiger partial charge >= 0.3 is 5.97 Å². The molecule has 1 aromatic heterocycles. The van der Waals surface area contributed by atoms with Gasteiger partial charge in [-0.25, -0.2) is 9.78 Å². The molecule has 2 rings (SSSR count). The van der Waals surface area contributed by atoms with Crippen LogP contribution in [-0.2, 0) is 6.42 Å². The number of pyridine rings is 1. The lowest BCUT2D eigenvalue weighted by atomic mass is 10.1. The predicted molar refractivity (Wildman–Crippen MR) is 78.7 cm³/mol. The van der Waals surface area contributed by atoms with E-state index in [0.717, 1.165) is 12.0 Å². The van der Waals surface area contributed by atoms with Crippen molar-refractivity contribution in [1.82, 2.24) is 4.98 Å². The molecule has 6 heteroatoms. The van der Waals surface area contributed by atoms with Gasteiger partial charge in [-0.3, -0.25) is 0 Å². The quantitative estimate of drug-likeness (QED) is 0.851. The maximum absolute atomic E-state index is 11.2. The van der Waals surface area contributed by atoms with Crippen LogP contribution in [0.4, 0.5) is 0 Å². The Morgan fingerprint density at radius 3 is 2.67 bits per heavy atom. The number of methoxy groups -OCH3 is 1. The van der Waals surface area contributed by atoms with Gasteiger partial charge < -0.3 is 14.6 Å². The summed E-state index contributed by atoms with van der Waals surface area (Å²) in [7, 11) is 1.52. The van der Waals surface area contributed by atoms with Crippen LogP contribution in [0.1, 0.15) is 22.8 Å². The molecule has 110 valence electrons. The maximum Gasteiger partial charge on any atom is 0.341 e. The number of nitrogens with zero attached hydrogens (tertiary/aromatic N) is 1. The van der Waals surface area contributed by atoms with Gasteiger partial charge in [0.05, 0.1) is 7.11 Å². The largest absolute Gasteiger partial charge is 0.493 e. The fourth-order valence-electron chi connectivity index (χ4n) is 1.78. The van der Waals surface area contributed by atoms with Gasteiger partial charge in [0, 0.05) is 0 Å². The van der Waals surface area contributed by atoms with E-state index in [1.54, 1.807) is 6.07 Å². The Hall–Kier alpha value is -2.27. The predicted octanol–water partition coefficient (Wildman–Crippen LogP) is 3.80. The number of carboxylic acids is 1. The Balaban J connectivity index is 2.42. The maximum atomic E-state index is 11.2. The van der Waals surface area contributed by atoms with E-state index >= 15 is 0 Å². The fourth-order valence-corrected chi connectivity index (χ4v) is 1.92. The molecular weight excluding hydrogens is 294 g/mol. The van der Waals surface area contributed by atoms with E-state index in [1.165, 1.54) is 19.2 Å². The number of hydrogen-bond donors (Lipinski definition) is 1. The molecule has 0 radical (unpaired) electrons. The zero-order valence-corrected chi connectivity index (χ0v) is 12.3. The van der Waals surface area contributed by atoms with Crippen molar-refractivity contribution >= 4 is 17.6 Å². The summed E-state index contributed by atoms with van der Waals surface area (Å²) in [4.78, 5) is 15.1. The van der Waals surface area contributed by atoms with E-state index in [-0.39, 0.29) is 16.6 Å². The number of benzene rings is 1. The number of halogens is 1. The van der Waals surface area contributed by atoms with Crippen molar-refractivity contribution in [2.75, 3.05) is 7.11 Å². The second-order valence-corrected chi connectivity index (χ2v) is 4.62. The average molecular weight is 308 g/mol. The highest BCUT2D eigenvalue weighted by Gasteiger charge is 2.16. The zero-order chi connectivity index (χ0) is 15.4. The molecule has 0 aliphatic rings. The van der Waals surface area contributed by atoms with E-state index in [4.69, 9.17) is 26.2 Å². The molecule has 0 bridgehead atoms. The van der Waals surface area contributed by atoms with Crippen molar-refractivity contribution in [3.8, 4) is 17.4 Å². The number of hydrogen-bond acceptors (Lipinski definition) is 4. The van der Waals surface area contributed by atoms with Gasteiger partial charge in [-0.1, -0.05) is 24.6 Å². The zero-order valence-electron chi connectivity index (χ0n) is 11.6. The third-order valence-electron chi connectivity index (χ3n) is 2.90. The average Bonchev–Trinajstić information content (AvgIpc) is 2.47. The molecule has 0 saturated carbocycles. The lowest BCUT2D eigenvalue weighted by molar-refractivity contribution is 0.0693. The summed E-state index contributed by atoms with van der Waals surface area (Å²) in [5.74, 6) is -0.324. The summed E-state index contributed by atoms with van der Waals surface area (Å²) in [6.07, 6.45) is 0.854. The monoisotopic (exact) mass is 307 g/mol. The lowest BCUT2D eigenvalue weighted by Gasteiger charge is -2.12. The Bertz CT molecular complexity index is 673. The second-order valence-electron chi connectivity index (χ2n) is 4.23. The molecular formula is C15H14ClNO4. The van der Waals surface area contributed by atoms with Crippen molar-refractivity contribution in [2.45, 2.75) is 13.3 Å². The number of aromatic nitrogens is 1. The standard InChI is InChI=1S/C15H14ClNO4/c1-3-9-4-6-11(12(8-9)20-2)21-14-10(15(18)19)5-7-13(16)17-14/h4-8H,3H2,1-2H3,(H,18,19). The number of carbonyl (C=O) groups is 1. The van der Waals surface area contributed by atoms with Crippen molar-refractivity contribution in [2.24, 2.45) is 0 Å². The summed E-state index contributed by atoms with van der Waals surface area (Å²) < 4.78 is 10.8. The summed E-state index contributed by atoms with van der Waals surface area (Å²) in [5, 5.41) is 9.30. The number of aromatic carboxylic acids is 1. The minimum absolute atomic E-state index is 0.0685. The normalized spacial score (nSPS) is 10.2. The van der Waals surface area contributed by atoms with Crippen LogP contribution in [0, 0.1) is 0 Å². The molecule has 0 fully saturated rings. The Morgan fingerprint density at radius 1 is 1.29 bits per heavy atom. The Morgan fingerprint density at radius 2 is 2.05 bits per heavy atom. The smallest absolute Gasteiger partial charge is 0.341 e. The second kappa shape index (κ2) is 6.45. The van der Waals surface area contributed by atoms with Crippen LogP contribution in [0.15, 0.2) is 30.3 Å². The van der Waals surface area contributed by atoms with Crippen molar-refractivity contribution < 1.29 is 19.4 Å². The van der Waals surface area contributed by atoms with Crippen LogP contribution in [0.3, 0.4) is 0 Å². The van der Waals surface area contributed by atoms with Crippen molar-refractivity contribution in [1.29, 1.82) is 0 Å². The first kappa shape index (κ1) is 15.1. The molecule has 0 atom stereocenters. The first-order valence-corrected chi connectivity index (χ1v) is 6.67.